The normalized spacial score (nSPS) is 11.3. The van der Waals surface area contributed by atoms with Crippen LogP contribution in [0.15, 0.2) is 6.07 Å². The van der Waals surface area contributed by atoms with E-state index in [1.165, 1.54) is 0 Å². The van der Waals surface area contributed by atoms with Gasteiger partial charge in [-0.2, -0.15) is 10.2 Å². The Morgan fingerprint density at radius 1 is 1.39 bits per heavy atom. The number of primary sulfonamides is 1. The number of aromatic nitrogens is 2. The molecular formula is C10H16N4O3S. The van der Waals surface area contributed by atoms with Crippen molar-refractivity contribution in [2.45, 2.75) is 20.3 Å². The van der Waals surface area contributed by atoms with Crippen LogP contribution < -0.4 is 10.5 Å². The molecule has 0 aliphatic carbocycles. The third-order valence-electron chi connectivity index (χ3n) is 2.24. The second kappa shape index (κ2) is 5.87. The molecule has 1 aromatic rings. The molecule has 100 valence electrons. The highest BCUT2D eigenvalue weighted by molar-refractivity contribution is 7.89. The summed E-state index contributed by atoms with van der Waals surface area (Å²) in [6, 6.07) is 1.64. The van der Waals surface area contributed by atoms with Crippen molar-refractivity contribution >= 4 is 15.9 Å². The molecule has 1 rings (SSSR count). The minimum absolute atomic E-state index is 0.153. The maximum Gasteiger partial charge on any atom is 0.253 e. The molecule has 0 saturated carbocycles. The number of carbonyl (C=O) groups excluding carboxylic acids is 1. The lowest BCUT2D eigenvalue weighted by Gasteiger charge is -2.06. The SMILES string of the molecule is Cc1cc(C(=O)NCCCS(N)(=O)=O)c(C)nn1. The Labute approximate surface area is 106 Å². The molecule has 0 aliphatic rings. The largest absolute Gasteiger partial charge is 0.352 e. The van der Waals surface area contributed by atoms with Gasteiger partial charge in [0.25, 0.3) is 5.91 Å². The van der Waals surface area contributed by atoms with Gasteiger partial charge in [-0.05, 0) is 26.3 Å². The molecule has 0 unspecified atom stereocenters. The van der Waals surface area contributed by atoms with Gasteiger partial charge in [0.15, 0.2) is 0 Å². The summed E-state index contributed by atoms with van der Waals surface area (Å²) in [5.74, 6) is -0.445. The first kappa shape index (κ1) is 14.5. The highest BCUT2D eigenvalue weighted by Crippen LogP contribution is 2.04. The number of aryl methyl sites for hydroxylation is 2. The highest BCUT2D eigenvalue weighted by atomic mass is 32.2. The van der Waals surface area contributed by atoms with Gasteiger partial charge in [0.2, 0.25) is 10.0 Å². The maximum absolute atomic E-state index is 11.8. The van der Waals surface area contributed by atoms with Crippen LogP contribution in [0.25, 0.3) is 0 Å². The van der Waals surface area contributed by atoms with E-state index >= 15 is 0 Å². The molecule has 0 aliphatic heterocycles. The molecule has 0 atom stereocenters. The number of rotatable bonds is 5. The van der Waals surface area contributed by atoms with Crippen LogP contribution in [-0.4, -0.2) is 36.8 Å². The summed E-state index contributed by atoms with van der Waals surface area (Å²) in [7, 11) is -3.48. The smallest absolute Gasteiger partial charge is 0.253 e. The molecule has 1 amide bonds. The first-order chi connectivity index (χ1) is 8.29. The molecule has 0 aromatic carbocycles. The highest BCUT2D eigenvalue weighted by Gasteiger charge is 2.11. The predicted octanol–water partition coefficient (Wildman–Crippen LogP) is -0.498. The van der Waals surface area contributed by atoms with Gasteiger partial charge in [-0.15, -0.1) is 0 Å². The van der Waals surface area contributed by atoms with Crippen LogP contribution in [0, 0.1) is 13.8 Å². The predicted molar refractivity (Wildman–Crippen MR) is 66.4 cm³/mol. The topological polar surface area (TPSA) is 115 Å². The van der Waals surface area contributed by atoms with Crippen molar-refractivity contribution in [1.29, 1.82) is 0 Å². The van der Waals surface area contributed by atoms with Gasteiger partial charge in [0.05, 0.1) is 22.7 Å². The molecule has 3 N–H and O–H groups in total. The minimum atomic E-state index is -3.48. The quantitative estimate of drug-likeness (QED) is 0.701. The van der Waals surface area contributed by atoms with Crippen molar-refractivity contribution in [3.63, 3.8) is 0 Å². The summed E-state index contributed by atoms with van der Waals surface area (Å²) in [4.78, 5) is 11.8. The Balaban J connectivity index is 2.53. The zero-order valence-electron chi connectivity index (χ0n) is 10.3. The van der Waals surface area contributed by atoms with E-state index in [1.54, 1.807) is 19.9 Å². The van der Waals surface area contributed by atoms with E-state index in [1.807, 2.05) is 0 Å². The summed E-state index contributed by atoms with van der Waals surface area (Å²) in [5, 5.41) is 15.1. The van der Waals surface area contributed by atoms with E-state index in [4.69, 9.17) is 5.14 Å². The van der Waals surface area contributed by atoms with Crippen LogP contribution in [0.1, 0.15) is 28.2 Å². The van der Waals surface area contributed by atoms with E-state index in [0.29, 0.717) is 17.0 Å². The number of amides is 1. The molecule has 18 heavy (non-hydrogen) atoms. The number of nitrogens with one attached hydrogen (secondary N) is 1. The first-order valence-corrected chi connectivity index (χ1v) is 7.11. The lowest BCUT2D eigenvalue weighted by molar-refractivity contribution is 0.0952. The number of hydrogen-bond acceptors (Lipinski definition) is 5. The van der Waals surface area contributed by atoms with Crippen molar-refractivity contribution in [2.75, 3.05) is 12.3 Å². The minimum Gasteiger partial charge on any atom is -0.352 e. The molecule has 0 spiro atoms. The van der Waals surface area contributed by atoms with Crippen LogP contribution in [0.2, 0.25) is 0 Å². The molecule has 7 nitrogen and oxygen atoms in total. The number of sulfonamides is 1. The monoisotopic (exact) mass is 272 g/mol. The van der Waals surface area contributed by atoms with Gasteiger partial charge in [-0.3, -0.25) is 4.79 Å². The second-order valence-corrected chi connectivity index (χ2v) is 5.70. The Bertz CT molecular complexity index is 542. The third-order valence-corrected chi connectivity index (χ3v) is 3.09. The number of nitrogens with two attached hydrogens (primary N) is 1. The van der Waals surface area contributed by atoms with Crippen LogP contribution in [-0.2, 0) is 10.0 Å². The molecule has 0 fully saturated rings. The Morgan fingerprint density at radius 2 is 2.06 bits per heavy atom. The molecule has 0 saturated heterocycles. The van der Waals surface area contributed by atoms with Crippen molar-refractivity contribution in [3.05, 3.63) is 23.0 Å². The van der Waals surface area contributed by atoms with E-state index in [2.05, 4.69) is 15.5 Å². The summed E-state index contributed by atoms with van der Waals surface area (Å²) >= 11 is 0. The van der Waals surface area contributed by atoms with Crippen molar-refractivity contribution in [1.82, 2.24) is 15.5 Å². The van der Waals surface area contributed by atoms with Gasteiger partial charge >= 0.3 is 0 Å². The zero-order chi connectivity index (χ0) is 13.8. The molecule has 1 heterocycles. The van der Waals surface area contributed by atoms with E-state index in [9.17, 15) is 13.2 Å². The van der Waals surface area contributed by atoms with Crippen molar-refractivity contribution in [3.8, 4) is 0 Å². The van der Waals surface area contributed by atoms with E-state index in [-0.39, 0.29) is 24.6 Å². The number of hydrogen-bond donors (Lipinski definition) is 2. The van der Waals surface area contributed by atoms with Crippen LogP contribution in [0.4, 0.5) is 0 Å². The fraction of sp³-hybridized carbons (Fsp3) is 0.500. The second-order valence-electron chi connectivity index (χ2n) is 3.96. The average molecular weight is 272 g/mol. The van der Waals surface area contributed by atoms with Gasteiger partial charge < -0.3 is 5.32 Å². The molecule has 1 aromatic heterocycles. The molecule has 0 radical (unpaired) electrons. The molecule has 8 heteroatoms. The fourth-order valence-electron chi connectivity index (χ4n) is 1.35. The lowest BCUT2D eigenvalue weighted by atomic mass is 10.2. The maximum atomic E-state index is 11.8. The standard InChI is InChI=1S/C10H16N4O3S/c1-7-6-9(8(2)14-13-7)10(15)12-4-3-5-18(11,16)17/h6H,3-5H2,1-2H3,(H,12,15)(H2,11,16,17). The van der Waals surface area contributed by atoms with Gasteiger partial charge in [-0.1, -0.05) is 0 Å². The van der Waals surface area contributed by atoms with Gasteiger partial charge in [0.1, 0.15) is 0 Å². The van der Waals surface area contributed by atoms with Crippen LogP contribution in [0.3, 0.4) is 0 Å². The van der Waals surface area contributed by atoms with Crippen LogP contribution in [0.5, 0.6) is 0 Å². The first-order valence-electron chi connectivity index (χ1n) is 5.39. The lowest BCUT2D eigenvalue weighted by Crippen LogP contribution is -2.28. The Hall–Kier alpha value is -1.54. The molecule has 0 bridgehead atoms. The summed E-state index contributed by atoms with van der Waals surface area (Å²) in [6.07, 6.45) is 0.279. The fourth-order valence-corrected chi connectivity index (χ4v) is 1.90. The van der Waals surface area contributed by atoms with Gasteiger partial charge in [0, 0.05) is 6.54 Å². The third kappa shape index (κ3) is 4.76. The number of nitrogens with zero attached hydrogens (tertiary/aromatic N) is 2. The van der Waals surface area contributed by atoms with Crippen molar-refractivity contribution < 1.29 is 13.2 Å². The van der Waals surface area contributed by atoms with E-state index in [0.717, 1.165) is 0 Å². The van der Waals surface area contributed by atoms with Gasteiger partial charge in [-0.25, -0.2) is 13.6 Å². The summed E-state index contributed by atoms with van der Waals surface area (Å²) < 4.78 is 21.4. The van der Waals surface area contributed by atoms with E-state index < -0.39 is 10.0 Å². The van der Waals surface area contributed by atoms with Crippen molar-refractivity contribution in [2.24, 2.45) is 5.14 Å². The summed E-state index contributed by atoms with van der Waals surface area (Å²) in [6.45, 7) is 3.67. The number of carbonyl (C=O) groups is 1. The average Bonchev–Trinajstić information content (AvgIpc) is 2.26. The Morgan fingerprint density at radius 3 is 2.67 bits per heavy atom. The zero-order valence-corrected chi connectivity index (χ0v) is 11.1. The Kier molecular flexibility index (Phi) is 4.74. The summed E-state index contributed by atoms with van der Waals surface area (Å²) in [5.41, 5.74) is 1.62. The molecular weight excluding hydrogens is 256 g/mol. The van der Waals surface area contributed by atoms with Crippen LogP contribution >= 0.6 is 0 Å².